The lowest BCUT2D eigenvalue weighted by atomic mass is 10.0. The van der Waals surface area contributed by atoms with E-state index in [4.69, 9.17) is 9.47 Å². The molecule has 0 spiro atoms. The maximum Gasteiger partial charge on any atom is 0.231 e. The van der Waals surface area contributed by atoms with Crippen LogP contribution in [0.2, 0.25) is 0 Å². The van der Waals surface area contributed by atoms with Crippen molar-refractivity contribution in [3.05, 3.63) is 23.3 Å². The van der Waals surface area contributed by atoms with E-state index in [-0.39, 0.29) is 19.0 Å². The Hall–Kier alpha value is -1.84. The van der Waals surface area contributed by atoms with Crippen molar-refractivity contribution in [3.8, 4) is 11.5 Å². The lowest BCUT2D eigenvalue weighted by Crippen LogP contribution is -2.00. The summed E-state index contributed by atoms with van der Waals surface area (Å²) >= 11 is 0. The van der Waals surface area contributed by atoms with Crippen LogP contribution < -0.4 is 9.47 Å². The summed E-state index contributed by atoms with van der Waals surface area (Å²) in [5.74, 6) is 1.08. The number of benzene rings is 1. The van der Waals surface area contributed by atoms with Gasteiger partial charge in [-0.1, -0.05) is 0 Å². The number of fused-ring (bicyclic) bond motifs is 1. The fourth-order valence-corrected chi connectivity index (χ4v) is 1.57. The summed E-state index contributed by atoms with van der Waals surface area (Å²) in [6, 6.07) is 3.32. The van der Waals surface area contributed by atoms with Crippen LogP contribution in [-0.4, -0.2) is 18.9 Å². The zero-order chi connectivity index (χ0) is 10.8. The van der Waals surface area contributed by atoms with E-state index in [1.807, 2.05) is 0 Å². The number of hydrogen-bond acceptors (Lipinski definition) is 4. The molecular weight excluding hydrogens is 196 g/mol. The monoisotopic (exact) mass is 206 g/mol. The van der Waals surface area contributed by atoms with Gasteiger partial charge in [-0.3, -0.25) is 4.79 Å². The SMILES string of the molecule is CC(=O)c1cc2c(cc1CC=O)OCO2. The Bertz CT molecular complexity index is 423. The van der Waals surface area contributed by atoms with Gasteiger partial charge in [0.15, 0.2) is 17.3 Å². The maximum atomic E-state index is 11.3. The predicted octanol–water partition coefficient (Wildman–Crippen LogP) is 1.36. The van der Waals surface area contributed by atoms with Gasteiger partial charge in [-0.05, 0) is 24.6 Å². The molecule has 0 bridgehead atoms. The molecule has 2 rings (SSSR count). The van der Waals surface area contributed by atoms with Crippen molar-refractivity contribution in [3.63, 3.8) is 0 Å². The normalized spacial score (nSPS) is 12.6. The molecule has 0 atom stereocenters. The molecule has 0 aromatic heterocycles. The molecule has 0 radical (unpaired) electrons. The van der Waals surface area contributed by atoms with Crippen molar-refractivity contribution in [2.75, 3.05) is 6.79 Å². The van der Waals surface area contributed by atoms with Crippen LogP contribution in [0.15, 0.2) is 12.1 Å². The van der Waals surface area contributed by atoms with Gasteiger partial charge in [0, 0.05) is 12.0 Å². The number of aldehydes is 1. The highest BCUT2D eigenvalue weighted by Gasteiger charge is 2.18. The Kier molecular flexibility index (Phi) is 2.41. The van der Waals surface area contributed by atoms with Crippen LogP contribution >= 0.6 is 0 Å². The van der Waals surface area contributed by atoms with Crippen LogP contribution in [0.3, 0.4) is 0 Å². The third-order valence-electron chi connectivity index (χ3n) is 2.28. The summed E-state index contributed by atoms with van der Waals surface area (Å²) in [4.78, 5) is 21.8. The molecule has 0 saturated carbocycles. The van der Waals surface area contributed by atoms with Crippen LogP contribution in [0, 0.1) is 0 Å². The largest absolute Gasteiger partial charge is 0.454 e. The van der Waals surface area contributed by atoms with Gasteiger partial charge >= 0.3 is 0 Å². The molecule has 0 unspecified atom stereocenters. The Morgan fingerprint density at radius 1 is 1.40 bits per heavy atom. The Morgan fingerprint density at radius 2 is 2.07 bits per heavy atom. The number of ketones is 1. The van der Waals surface area contributed by atoms with Crippen molar-refractivity contribution >= 4 is 12.1 Å². The number of Topliss-reactive ketones (excluding diaryl/α,β-unsaturated/α-hetero) is 1. The molecule has 1 heterocycles. The Balaban J connectivity index is 2.51. The molecule has 0 aliphatic carbocycles. The standard InChI is InChI=1S/C11H10O4/c1-7(13)9-5-11-10(14-6-15-11)4-8(9)2-3-12/h3-5H,2,6H2,1H3. The molecule has 1 aliphatic heterocycles. The van der Waals surface area contributed by atoms with Gasteiger partial charge in [-0.25, -0.2) is 0 Å². The average Bonchev–Trinajstić information content (AvgIpc) is 2.63. The van der Waals surface area contributed by atoms with E-state index in [0.29, 0.717) is 22.6 Å². The van der Waals surface area contributed by atoms with Gasteiger partial charge < -0.3 is 14.3 Å². The minimum absolute atomic E-state index is 0.0786. The number of carbonyl (C=O) groups is 2. The van der Waals surface area contributed by atoms with E-state index in [1.165, 1.54) is 6.92 Å². The number of carbonyl (C=O) groups excluding carboxylic acids is 2. The van der Waals surface area contributed by atoms with E-state index < -0.39 is 0 Å². The third-order valence-corrected chi connectivity index (χ3v) is 2.28. The molecule has 0 fully saturated rings. The molecule has 1 aromatic rings. The molecule has 0 N–H and O–H groups in total. The highest BCUT2D eigenvalue weighted by molar-refractivity contribution is 5.97. The highest BCUT2D eigenvalue weighted by Crippen LogP contribution is 2.35. The van der Waals surface area contributed by atoms with Crippen LogP contribution in [0.1, 0.15) is 22.8 Å². The van der Waals surface area contributed by atoms with E-state index in [0.717, 1.165) is 6.29 Å². The molecule has 78 valence electrons. The minimum Gasteiger partial charge on any atom is -0.454 e. The molecule has 0 saturated heterocycles. The van der Waals surface area contributed by atoms with Gasteiger partial charge in [0.1, 0.15) is 6.29 Å². The average molecular weight is 206 g/mol. The van der Waals surface area contributed by atoms with Crippen LogP contribution in [0.5, 0.6) is 11.5 Å². The predicted molar refractivity (Wildman–Crippen MR) is 52.3 cm³/mol. The lowest BCUT2D eigenvalue weighted by Gasteiger charge is -2.05. The van der Waals surface area contributed by atoms with Crippen molar-refractivity contribution in [2.24, 2.45) is 0 Å². The summed E-state index contributed by atoms with van der Waals surface area (Å²) in [6.07, 6.45) is 0.982. The molecule has 4 nitrogen and oxygen atoms in total. The van der Waals surface area contributed by atoms with Gasteiger partial charge in [0.25, 0.3) is 0 Å². The fraction of sp³-hybridized carbons (Fsp3) is 0.273. The summed E-state index contributed by atoms with van der Waals surface area (Å²) in [7, 11) is 0. The first-order chi connectivity index (χ1) is 7.22. The van der Waals surface area contributed by atoms with E-state index in [1.54, 1.807) is 12.1 Å². The van der Waals surface area contributed by atoms with Crippen molar-refractivity contribution < 1.29 is 19.1 Å². The van der Waals surface area contributed by atoms with Crippen molar-refractivity contribution in [2.45, 2.75) is 13.3 Å². The second kappa shape index (κ2) is 3.73. The van der Waals surface area contributed by atoms with Crippen LogP contribution in [-0.2, 0) is 11.2 Å². The summed E-state index contributed by atoms with van der Waals surface area (Å²) < 4.78 is 10.3. The maximum absolute atomic E-state index is 11.3. The van der Waals surface area contributed by atoms with Gasteiger partial charge in [0.2, 0.25) is 6.79 Å². The zero-order valence-electron chi connectivity index (χ0n) is 8.28. The number of rotatable bonds is 3. The topological polar surface area (TPSA) is 52.6 Å². The summed E-state index contributed by atoms with van der Waals surface area (Å²) in [6.45, 7) is 1.63. The van der Waals surface area contributed by atoms with E-state index in [2.05, 4.69) is 0 Å². The number of hydrogen-bond donors (Lipinski definition) is 0. The lowest BCUT2D eigenvalue weighted by molar-refractivity contribution is -0.107. The van der Waals surface area contributed by atoms with Crippen molar-refractivity contribution in [1.29, 1.82) is 0 Å². The first-order valence-electron chi connectivity index (χ1n) is 4.59. The second-order valence-corrected chi connectivity index (χ2v) is 3.29. The number of ether oxygens (including phenoxy) is 2. The first-order valence-corrected chi connectivity index (χ1v) is 4.59. The van der Waals surface area contributed by atoms with E-state index >= 15 is 0 Å². The highest BCUT2D eigenvalue weighted by atomic mass is 16.7. The summed E-state index contributed by atoms with van der Waals surface area (Å²) in [5.41, 5.74) is 1.20. The van der Waals surface area contributed by atoms with E-state index in [9.17, 15) is 9.59 Å². The fourth-order valence-electron chi connectivity index (χ4n) is 1.57. The minimum atomic E-state index is -0.0786. The molecule has 1 aromatic carbocycles. The molecule has 1 aliphatic rings. The zero-order valence-corrected chi connectivity index (χ0v) is 8.28. The molecular formula is C11H10O4. The summed E-state index contributed by atoms with van der Waals surface area (Å²) in [5, 5.41) is 0. The third kappa shape index (κ3) is 1.70. The molecule has 0 amide bonds. The van der Waals surface area contributed by atoms with Crippen molar-refractivity contribution in [1.82, 2.24) is 0 Å². The Labute approximate surface area is 86.8 Å². The van der Waals surface area contributed by atoms with Gasteiger partial charge in [0.05, 0.1) is 0 Å². The van der Waals surface area contributed by atoms with Gasteiger partial charge in [-0.15, -0.1) is 0 Å². The quantitative estimate of drug-likeness (QED) is 0.553. The second-order valence-electron chi connectivity index (χ2n) is 3.29. The van der Waals surface area contributed by atoms with Gasteiger partial charge in [-0.2, -0.15) is 0 Å². The smallest absolute Gasteiger partial charge is 0.231 e. The Morgan fingerprint density at radius 3 is 2.67 bits per heavy atom. The molecule has 4 heteroatoms. The molecule has 15 heavy (non-hydrogen) atoms. The first kappa shape index (κ1) is 9.71. The van der Waals surface area contributed by atoms with Crippen LogP contribution in [0.4, 0.5) is 0 Å². The van der Waals surface area contributed by atoms with Crippen LogP contribution in [0.25, 0.3) is 0 Å².